The Bertz CT molecular complexity index is 1100. The van der Waals surface area contributed by atoms with Gasteiger partial charge in [0.05, 0.1) is 5.69 Å². The highest BCUT2D eigenvalue weighted by atomic mass is 32.2. The number of hydrogen-bond acceptors (Lipinski definition) is 12. The predicted octanol–water partition coefficient (Wildman–Crippen LogP) is 0.184. The van der Waals surface area contributed by atoms with Crippen molar-refractivity contribution in [3.05, 3.63) is 22.3 Å². The molecule has 4 heterocycles. The number of thiazole rings is 1. The Kier molecular flexibility index (Phi) is 6.64. The minimum absolute atomic E-state index is 0.0411. The van der Waals surface area contributed by atoms with E-state index in [1.165, 1.54) is 56.2 Å². The van der Waals surface area contributed by atoms with Crippen LogP contribution < -0.4 is 11.1 Å². The van der Waals surface area contributed by atoms with Crippen LogP contribution in [0.3, 0.4) is 0 Å². The Hall–Kier alpha value is -2.30. The number of carboxylic acid groups (broad SMARTS) is 1. The lowest BCUT2D eigenvalue weighted by atomic mass is 10.0. The minimum atomic E-state index is -1.18. The molecule has 2 amide bonds. The summed E-state index contributed by atoms with van der Waals surface area (Å²) in [7, 11) is 1.69. The second-order valence-corrected chi connectivity index (χ2v) is 10.6. The number of anilines is 1. The number of β-lactam (4-membered cyclic amide) rings is 1. The van der Waals surface area contributed by atoms with Gasteiger partial charge >= 0.3 is 5.97 Å². The molecule has 3 atom stereocenters. The van der Waals surface area contributed by atoms with E-state index in [1.807, 2.05) is 0 Å². The van der Waals surface area contributed by atoms with Crippen LogP contribution in [-0.4, -0.2) is 82.2 Å². The normalized spacial score (nSPS) is 21.2. The van der Waals surface area contributed by atoms with Crippen molar-refractivity contribution in [1.29, 1.82) is 0 Å². The molecule has 2 aromatic heterocycles. The van der Waals surface area contributed by atoms with Crippen LogP contribution in [0.1, 0.15) is 10.9 Å². The molecule has 1 saturated heterocycles. The first kappa shape index (κ1) is 22.9. The van der Waals surface area contributed by atoms with Crippen LogP contribution >= 0.6 is 46.6 Å². The summed E-state index contributed by atoms with van der Waals surface area (Å²) in [6.45, 7) is 0. The number of aromatic nitrogens is 5. The Balaban J connectivity index is 1.47. The smallest absolute Gasteiger partial charge is 0.352 e. The van der Waals surface area contributed by atoms with Gasteiger partial charge in [-0.05, 0) is 22.3 Å². The lowest BCUT2D eigenvalue weighted by Crippen LogP contribution is -2.70. The summed E-state index contributed by atoms with van der Waals surface area (Å²) >= 11 is 5.23. The summed E-state index contributed by atoms with van der Waals surface area (Å²) in [5.74, 6) is -1.25. The van der Waals surface area contributed by atoms with Crippen LogP contribution in [0.5, 0.6) is 0 Å². The van der Waals surface area contributed by atoms with Crippen LogP contribution in [0.2, 0.25) is 0 Å². The average Bonchev–Trinajstić information content (AvgIpc) is 3.37. The molecule has 2 aliphatic heterocycles. The molecule has 2 unspecified atom stereocenters. The summed E-state index contributed by atoms with van der Waals surface area (Å²) in [4.78, 5) is 43.0. The molecule has 4 N–H and O–H groups in total. The third-order valence-corrected chi connectivity index (χ3v) is 8.84. The Morgan fingerprint density at radius 2 is 2.25 bits per heavy atom. The molecule has 0 aromatic carbocycles. The summed E-state index contributed by atoms with van der Waals surface area (Å²) in [6, 6.07) is -0.801. The first-order valence-electron chi connectivity index (χ1n) is 9.11. The van der Waals surface area contributed by atoms with Crippen molar-refractivity contribution in [2.75, 3.05) is 23.5 Å². The number of thioether (sulfide) groups is 3. The fraction of sp³-hybridized carbons (Fsp3) is 0.438. The first-order chi connectivity index (χ1) is 15.3. The highest BCUT2D eigenvalue weighted by Gasteiger charge is 2.54. The molecule has 2 aromatic rings. The number of rotatable bonds is 8. The number of tetrazole rings is 1. The van der Waals surface area contributed by atoms with Crippen molar-refractivity contribution in [3.8, 4) is 0 Å². The molecule has 4 rings (SSSR count). The van der Waals surface area contributed by atoms with Crippen molar-refractivity contribution in [2.24, 2.45) is 7.05 Å². The molecule has 16 heteroatoms. The van der Waals surface area contributed by atoms with Crippen molar-refractivity contribution in [2.45, 2.75) is 21.8 Å². The molecule has 1 fully saturated rings. The highest BCUT2D eigenvalue weighted by molar-refractivity contribution is 8.01. The fourth-order valence-corrected chi connectivity index (χ4v) is 6.96. The Morgan fingerprint density at radius 1 is 1.47 bits per heavy atom. The molecular weight excluding hydrogens is 496 g/mol. The van der Waals surface area contributed by atoms with E-state index in [2.05, 4.69) is 25.8 Å². The van der Waals surface area contributed by atoms with Gasteiger partial charge in [0.25, 0.3) is 5.91 Å². The van der Waals surface area contributed by atoms with Gasteiger partial charge in [0.1, 0.15) is 22.4 Å². The summed E-state index contributed by atoms with van der Waals surface area (Å²) in [5, 5.41) is 25.2. The average molecular weight is 515 g/mol. The number of carboxylic acids is 1. The fourth-order valence-electron chi connectivity index (χ4n) is 3.30. The maximum absolute atomic E-state index is 12.8. The number of nitrogens with zero attached hydrogens (tertiary/aromatic N) is 6. The number of nitrogen functional groups attached to an aromatic ring is 1. The summed E-state index contributed by atoms with van der Waals surface area (Å²) < 4.78 is 1.49. The van der Waals surface area contributed by atoms with E-state index < -0.39 is 28.5 Å². The standard InChI is InChI=1S/C16H18N8O4S4/c1-23-16(20-21-22-23)32-4-6-3-30-13-8(12(26)24(13)9(6)14(27)28)19-11(25)10(29-2)7-5-31-15(17)18-7/h5,8,10,13H,3-4H2,1-2H3,(H2,17,18)(H,19,25)(H,27,28)/t8?,10?,13-/m1/s1. The number of fused-ring (bicyclic) bond motifs is 1. The molecular formula is C16H18N8O4S4. The number of carbonyl (C=O) groups is 3. The lowest BCUT2D eigenvalue weighted by molar-refractivity contribution is -0.150. The zero-order valence-electron chi connectivity index (χ0n) is 16.8. The molecule has 170 valence electrons. The van der Waals surface area contributed by atoms with Gasteiger partial charge in [0.15, 0.2) is 5.13 Å². The number of nitrogens with two attached hydrogens (primary N) is 1. The van der Waals surface area contributed by atoms with Gasteiger partial charge in [-0.3, -0.25) is 14.5 Å². The van der Waals surface area contributed by atoms with Gasteiger partial charge < -0.3 is 16.2 Å². The topological polar surface area (TPSA) is 169 Å². The minimum Gasteiger partial charge on any atom is -0.477 e. The number of aryl methyl sites for hydroxylation is 1. The molecule has 0 saturated carbocycles. The van der Waals surface area contributed by atoms with Gasteiger partial charge in [-0.1, -0.05) is 11.8 Å². The van der Waals surface area contributed by atoms with Gasteiger partial charge in [-0.15, -0.1) is 40.0 Å². The van der Waals surface area contributed by atoms with E-state index in [4.69, 9.17) is 5.73 Å². The molecule has 0 bridgehead atoms. The van der Waals surface area contributed by atoms with Crippen LogP contribution in [0.4, 0.5) is 5.13 Å². The van der Waals surface area contributed by atoms with Crippen molar-refractivity contribution in [3.63, 3.8) is 0 Å². The monoisotopic (exact) mass is 514 g/mol. The summed E-state index contributed by atoms with van der Waals surface area (Å²) in [6.07, 6.45) is 1.77. The zero-order chi connectivity index (χ0) is 23.0. The lowest BCUT2D eigenvalue weighted by Gasteiger charge is -2.49. The van der Waals surface area contributed by atoms with E-state index in [0.29, 0.717) is 33.1 Å². The van der Waals surface area contributed by atoms with Crippen LogP contribution in [0.15, 0.2) is 21.8 Å². The number of hydrogen-bond donors (Lipinski definition) is 3. The van der Waals surface area contributed by atoms with E-state index in [9.17, 15) is 19.5 Å². The number of aliphatic carboxylic acids is 1. The Morgan fingerprint density at radius 3 is 2.84 bits per heavy atom. The van der Waals surface area contributed by atoms with Crippen molar-refractivity contribution < 1.29 is 19.5 Å². The van der Waals surface area contributed by atoms with Crippen LogP contribution in [0.25, 0.3) is 0 Å². The Labute approximate surface area is 198 Å². The maximum atomic E-state index is 12.8. The zero-order valence-corrected chi connectivity index (χ0v) is 20.1. The molecule has 2 aliphatic rings. The largest absolute Gasteiger partial charge is 0.477 e. The SMILES string of the molecule is CSC(C(=O)NC1C(=O)N2C(C(=O)O)=C(CSc3nnnn3C)CS[C@H]12)c1csc(N)n1. The molecule has 32 heavy (non-hydrogen) atoms. The van der Waals surface area contributed by atoms with Crippen LogP contribution in [-0.2, 0) is 21.4 Å². The van der Waals surface area contributed by atoms with Crippen molar-refractivity contribution >= 4 is 69.5 Å². The van der Waals surface area contributed by atoms with E-state index in [1.54, 1.807) is 18.7 Å². The molecule has 0 aliphatic carbocycles. The number of amides is 2. The van der Waals surface area contributed by atoms with E-state index in [-0.39, 0.29) is 11.6 Å². The van der Waals surface area contributed by atoms with Gasteiger partial charge in [0, 0.05) is 23.9 Å². The highest BCUT2D eigenvalue weighted by Crippen LogP contribution is 2.42. The van der Waals surface area contributed by atoms with E-state index in [0.717, 1.165) is 0 Å². The second kappa shape index (κ2) is 9.29. The number of carbonyl (C=O) groups excluding carboxylic acids is 2. The quantitative estimate of drug-likeness (QED) is 0.323. The third kappa shape index (κ3) is 4.18. The van der Waals surface area contributed by atoms with Crippen molar-refractivity contribution in [1.82, 2.24) is 35.4 Å². The second-order valence-electron chi connectivity index (χ2n) is 6.75. The summed E-state index contributed by atoms with van der Waals surface area (Å²) in [5.41, 5.74) is 6.76. The maximum Gasteiger partial charge on any atom is 0.352 e. The molecule has 0 spiro atoms. The van der Waals surface area contributed by atoms with Gasteiger partial charge in [-0.25, -0.2) is 14.5 Å². The first-order valence-corrected chi connectivity index (χ1v) is 13.3. The predicted molar refractivity (Wildman–Crippen MR) is 122 cm³/mol. The molecule has 0 radical (unpaired) electrons. The van der Waals surface area contributed by atoms with E-state index >= 15 is 0 Å². The van der Waals surface area contributed by atoms with Gasteiger partial charge in [-0.2, -0.15) is 0 Å². The molecule has 12 nitrogen and oxygen atoms in total. The third-order valence-electron chi connectivity index (χ3n) is 4.79. The van der Waals surface area contributed by atoms with Gasteiger partial charge in [0.2, 0.25) is 11.1 Å². The van der Waals surface area contributed by atoms with Crippen LogP contribution in [0, 0.1) is 0 Å². The number of nitrogens with one attached hydrogen (secondary N) is 1.